The van der Waals surface area contributed by atoms with E-state index in [2.05, 4.69) is 32.6 Å². The zero-order valence-electron chi connectivity index (χ0n) is 16.8. The Labute approximate surface area is 171 Å². The van der Waals surface area contributed by atoms with Gasteiger partial charge in [-0.15, -0.1) is 0 Å². The Bertz CT molecular complexity index is 969. The summed E-state index contributed by atoms with van der Waals surface area (Å²) in [5.41, 5.74) is 2.21. The minimum absolute atomic E-state index is 0.318. The number of nitrogens with zero attached hydrogens (tertiary/aromatic N) is 2. The van der Waals surface area contributed by atoms with Crippen LogP contribution in [0.25, 0.3) is 22.0 Å². The van der Waals surface area contributed by atoms with Crippen LogP contribution in [0, 0.1) is 0 Å². The van der Waals surface area contributed by atoms with E-state index in [9.17, 15) is 9.90 Å². The Hall–Kier alpha value is -2.30. The summed E-state index contributed by atoms with van der Waals surface area (Å²) in [5, 5.41) is 12.2. The average Bonchev–Trinajstić information content (AvgIpc) is 2.95. The van der Waals surface area contributed by atoms with Gasteiger partial charge in [0.15, 0.2) is 0 Å². The fourth-order valence-corrected chi connectivity index (χ4v) is 4.18. The summed E-state index contributed by atoms with van der Waals surface area (Å²) >= 11 is 6.27. The first-order valence-corrected chi connectivity index (χ1v) is 10.0. The number of carboxylic acid groups (broad SMARTS) is 1. The molecule has 0 aliphatic rings. The fraction of sp³-hybridized carbons (Fsp3) is 0.348. The third-order valence-electron chi connectivity index (χ3n) is 5.19. The second kappa shape index (κ2) is 8.38. The highest BCUT2D eigenvalue weighted by Crippen LogP contribution is 2.36. The molecule has 2 aromatic carbocycles. The van der Waals surface area contributed by atoms with Gasteiger partial charge in [-0.25, -0.2) is 4.79 Å². The van der Waals surface area contributed by atoms with E-state index < -0.39 is 5.97 Å². The van der Waals surface area contributed by atoms with Gasteiger partial charge in [-0.05, 0) is 45.4 Å². The first kappa shape index (κ1) is 20.4. The zero-order valence-corrected chi connectivity index (χ0v) is 17.6. The van der Waals surface area contributed by atoms with Crippen LogP contribution in [0.1, 0.15) is 38.2 Å². The van der Waals surface area contributed by atoms with E-state index in [1.54, 1.807) is 6.07 Å². The van der Waals surface area contributed by atoms with Crippen molar-refractivity contribution in [2.45, 2.75) is 46.3 Å². The first-order valence-electron chi connectivity index (χ1n) is 9.67. The van der Waals surface area contributed by atoms with Crippen molar-refractivity contribution >= 4 is 28.3 Å². The molecule has 4 nitrogen and oxygen atoms in total. The molecule has 0 bridgehead atoms. The number of hydrogen-bond acceptors (Lipinski definition) is 2. The van der Waals surface area contributed by atoms with E-state index in [1.807, 2.05) is 47.0 Å². The number of rotatable bonds is 7. The maximum atomic E-state index is 12.2. The van der Waals surface area contributed by atoms with Crippen LogP contribution >= 0.6 is 11.6 Å². The molecule has 0 aliphatic heterocycles. The number of fused-ring (bicyclic) bond motifs is 1. The number of carbonyl (C=O) groups is 1. The maximum Gasteiger partial charge on any atom is 0.353 e. The lowest BCUT2D eigenvalue weighted by Crippen LogP contribution is -2.39. The molecule has 0 amide bonds. The summed E-state index contributed by atoms with van der Waals surface area (Å²) < 4.78 is 1.94. The highest BCUT2D eigenvalue weighted by Gasteiger charge is 2.24. The van der Waals surface area contributed by atoms with E-state index in [-0.39, 0.29) is 0 Å². The van der Waals surface area contributed by atoms with Gasteiger partial charge in [-0.1, -0.05) is 48.0 Å². The molecule has 28 heavy (non-hydrogen) atoms. The van der Waals surface area contributed by atoms with Crippen LogP contribution in [-0.2, 0) is 6.54 Å². The van der Waals surface area contributed by atoms with Gasteiger partial charge in [-0.2, -0.15) is 0 Å². The van der Waals surface area contributed by atoms with Crippen LogP contribution < -0.4 is 0 Å². The summed E-state index contributed by atoms with van der Waals surface area (Å²) in [6, 6.07) is 16.1. The number of halogens is 1. The predicted octanol–water partition coefficient (Wildman–Crippen LogP) is 5.78. The minimum Gasteiger partial charge on any atom is -0.477 e. The summed E-state index contributed by atoms with van der Waals surface area (Å²) in [7, 11) is 0. The lowest BCUT2D eigenvalue weighted by molar-refractivity contribution is 0.0686. The molecular formula is C23H27ClN2O2. The molecule has 0 fully saturated rings. The van der Waals surface area contributed by atoms with Crippen LogP contribution in [0.5, 0.6) is 0 Å². The minimum atomic E-state index is -0.921. The molecule has 148 valence electrons. The normalized spacial score (nSPS) is 11.9. The topological polar surface area (TPSA) is 45.5 Å². The van der Waals surface area contributed by atoms with E-state index in [0.717, 1.165) is 28.6 Å². The largest absolute Gasteiger partial charge is 0.477 e. The molecule has 0 saturated carbocycles. The second-order valence-electron chi connectivity index (χ2n) is 7.64. The van der Waals surface area contributed by atoms with Gasteiger partial charge in [0.05, 0.1) is 5.69 Å². The highest BCUT2D eigenvalue weighted by molar-refractivity contribution is 6.31. The van der Waals surface area contributed by atoms with Crippen LogP contribution in [0.2, 0.25) is 5.02 Å². The van der Waals surface area contributed by atoms with Crippen LogP contribution in [-0.4, -0.2) is 39.2 Å². The Morgan fingerprint density at radius 3 is 2.25 bits per heavy atom. The molecule has 1 N–H and O–H groups in total. The monoisotopic (exact) mass is 398 g/mol. The summed E-state index contributed by atoms with van der Waals surface area (Å²) in [6.45, 7) is 10.0. The van der Waals surface area contributed by atoms with Gasteiger partial charge in [0.1, 0.15) is 5.69 Å². The van der Waals surface area contributed by atoms with E-state index >= 15 is 0 Å². The Morgan fingerprint density at radius 1 is 1.04 bits per heavy atom. The first-order chi connectivity index (χ1) is 13.3. The molecule has 0 unspecified atom stereocenters. The number of hydrogen-bond donors (Lipinski definition) is 1. The number of aromatic carboxylic acids is 1. The maximum absolute atomic E-state index is 12.2. The lowest BCUT2D eigenvalue weighted by atomic mass is 10.1. The van der Waals surface area contributed by atoms with Gasteiger partial charge in [-0.3, -0.25) is 4.90 Å². The van der Waals surface area contributed by atoms with E-state index in [0.29, 0.717) is 29.3 Å². The van der Waals surface area contributed by atoms with E-state index in [1.165, 1.54) is 0 Å². The molecule has 0 aliphatic carbocycles. The third kappa shape index (κ3) is 3.94. The Balaban J connectivity index is 2.21. The van der Waals surface area contributed by atoms with Crippen molar-refractivity contribution in [1.29, 1.82) is 0 Å². The number of benzene rings is 2. The van der Waals surface area contributed by atoms with Crippen molar-refractivity contribution in [3.8, 4) is 11.3 Å². The fourth-order valence-electron chi connectivity index (χ4n) is 4.01. The highest BCUT2D eigenvalue weighted by atomic mass is 35.5. The third-order valence-corrected chi connectivity index (χ3v) is 5.42. The second-order valence-corrected chi connectivity index (χ2v) is 8.07. The summed E-state index contributed by atoms with van der Waals surface area (Å²) in [5.74, 6) is -0.921. The van der Waals surface area contributed by atoms with Crippen molar-refractivity contribution in [3.63, 3.8) is 0 Å². The number of carboxylic acids is 1. The van der Waals surface area contributed by atoms with Gasteiger partial charge >= 0.3 is 5.97 Å². The van der Waals surface area contributed by atoms with Crippen molar-refractivity contribution in [1.82, 2.24) is 9.47 Å². The molecule has 1 aromatic heterocycles. The van der Waals surface area contributed by atoms with Crippen molar-refractivity contribution in [3.05, 3.63) is 59.2 Å². The summed E-state index contributed by atoms with van der Waals surface area (Å²) in [6.07, 6.45) is 0. The summed E-state index contributed by atoms with van der Waals surface area (Å²) in [4.78, 5) is 14.6. The molecule has 3 aromatic rings. The van der Waals surface area contributed by atoms with Crippen LogP contribution in [0.15, 0.2) is 48.5 Å². The average molecular weight is 399 g/mol. The predicted molar refractivity (Wildman–Crippen MR) is 116 cm³/mol. The molecule has 3 rings (SSSR count). The van der Waals surface area contributed by atoms with E-state index in [4.69, 9.17) is 11.6 Å². The van der Waals surface area contributed by atoms with Crippen molar-refractivity contribution < 1.29 is 9.90 Å². The van der Waals surface area contributed by atoms with Gasteiger partial charge in [0.2, 0.25) is 0 Å². The molecule has 0 atom stereocenters. The molecule has 0 saturated heterocycles. The lowest BCUT2D eigenvalue weighted by Gasteiger charge is -2.31. The van der Waals surface area contributed by atoms with Gasteiger partial charge < -0.3 is 9.67 Å². The zero-order chi connectivity index (χ0) is 20.4. The van der Waals surface area contributed by atoms with Crippen LogP contribution in [0.4, 0.5) is 0 Å². The molecule has 1 heterocycles. The molecular weight excluding hydrogens is 372 g/mol. The van der Waals surface area contributed by atoms with Crippen LogP contribution in [0.3, 0.4) is 0 Å². The van der Waals surface area contributed by atoms with Gasteiger partial charge in [0.25, 0.3) is 0 Å². The smallest absolute Gasteiger partial charge is 0.353 e. The molecule has 5 heteroatoms. The van der Waals surface area contributed by atoms with Crippen molar-refractivity contribution in [2.75, 3.05) is 6.54 Å². The Kier molecular flexibility index (Phi) is 6.11. The Morgan fingerprint density at radius 2 is 1.68 bits per heavy atom. The molecule has 0 spiro atoms. The quantitative estimate of drug-likeness (QED) is 0.548. The number of aromatic nitrogens is 1. The SMILES string of the molecule is CC(C)N(CCn1c(C(=O)O)c2ccc(Cl)cc2c1-c1ccccc1)C(C)C. The van der Waals surface area contributed by atoms with Gasteiger partial charge in [0, 0.05) is 41.0 Å². The molecule has 0 radical (unpaired) electrons. The standard InChI is InChI=1S/C23H27ClN2O2/c1-15(2)25(16(3)4)12-13-26-21(17-8-6-5-7-9-17)20-14-18(24)10-11-19(20)22(26)23(27)28/h5-11,14-16H,12-13H2,1-4H3,(H,27,28). The van der Waals surface area contributed by atoms with Crippen molar-refractivity contribution in [2.24, 2.45) is 0 Å².